The second kappa shape index (κ2) is 9.28. The van der Waals surface area contributed by atoms with Crippen molar-refractivity contribution in [3.05, 3.63) is 35.5 Å². The summed E-state index contributed by atoms with van der Waals surface area (Å²) in [5, 5.41) is 30.0. The van der Waals surface area contributed by atoms with Crippen LogP contribution >= 0.6 is 0 Å². The van der Waals surface area contributed by atoms with Gasteiger partial charge < -0.3 is 20.1 Å². The average molecular weight is 419 g/mol. The number of hydrogen-bond acceptors (Lipinski definition) is 4. The summed E-state index contributed by atoms with van der Waals surface area (Å²) in [5.41, 5.74) is 2.79. The van der Waals surface area contributed by atoms with Gasteiger partial charge in [0.05, 0.1) is 24.4 Å². The highest BCUT2D eigenvalue weighted by atomic mass is 16.5. The Bertz CT molecular complexity index is 686. The van der Waals surface area contributed by atoms with Crippen LogP contribution in [0.1, 0.15) is 72.6 Å². The molecule has 0 radical (unpaired) electrons. The van der Waals surface area contributed by atoms with Gasteiger partial charge in [-0.3, -0.25) is 0 Å². The summed E-state index contributed by atoms with van der Waals surface area (Å²) in [7, 11) is 0. The van der Waals surface area contributed by atoms with E-state index in [1.54, 1.807) is 13.8 Å². The summed E-state index contributed by atoms with van der Waals surface area (Å²) in [6.45, 7) is 13.5. The van der Waals surface area contributed by atoms with E-state index in [1.165, 1.54) is 31.3 Å². The number of fused-ring (bicyclic) bond motifs is 1. The zero-order chi connectivity index (χ0) is 22.1. The number of aliphatic hydroxyl groups is 3. The molecule has 3 fully saturated rings. The Balaban J connectivity index is 1.70. The molecule has 0 amide bonds. The minimum Gasteiger partial charge on any atom is -0.393 e. The van der Waals surface area contributed by atoms with Gasteiger partial charge >= 0.3 is 0 Å². The van der Waals surface area contributed by atoms with Crippen molar-refractivity contribution in [2.75, 3.05) is 13.2 Å². The summed E-state index contributed by atoms with van der Waals surface area (Å²) in [4.78, 5) is 0. The van der Waals surface area contributed by atoms with Crippen LogP contribution < -0.4 is 0 Å². The van der Waals surface area contributed by atoms with E-state index in [-0.39, 0.29) is 0 Å². The standard InChI is InChI=1S/C26H42O4/c1-17(15-30-16-25(3,4)29)22-10-11-23-19(7-6-12-26(22,23)5)8-9-20-13-21(27)14-24(28)18(20)2/h8-9,17,21-24,27-29H,2,6-7,10-16H2,1,3-5H3/t17-,21-,22-,23?,24+,26-/m1/s1. The summed E-state index contributed by atoms with van der Waals surface area (Å²) in [5.74, 6) is 1.70. The molecule has 4 heteroatoms. The first-order valence-corrected chi connectivity index (χ1v) is 11.8. The summed E-state index contributed by atoms with van der Waals surface area (Å²) in [6, 6.07) is 0. The van der Waals surface area contributed by atoms with E-state index in [2.05, 4.69) is 32.6 Å². The average Bonchev–Trinajstić information content (AvgIpc) is 3.00. The first kappa shape index (κ1) is 23.7. The molecule has 1 unspecified atom stereocenters. The van der Waals surface area contributed by atoms with Gasteiger partial charge in [-0.05, 0) is 86.7 Å². The zero-order valence-electron chi connectivity index (χ0n) is 19.4. The molecular weight excluding hydrogens is 376 g/mol. The van der Waals surface area contributed by atoms with Crippen molar-refractivity contribution in [1.29, 1.82) is 0 Å². The maximum absolute atomic E-state index is 10.1. The van der Waals surface area contributed by atoms with Crippen LogP contribution in [0.2, 0.25) is 0 Å². The Morgan fingerprint density at radius 1 is 1.27 bits per heavy atom. The van der Waals surface area contributed by atoms with Gasteiger partial charge in [0.15, 0.2) is 0 Å². The smallest absolute Gasteiger partial charge is 0.0824 e. The lowest BCUT2D eigenvalue weighted by atomic mass is 9.61. The molecule has 0 saturated heterocycles. The van der Waals surface area contributed by atoms with Crippen LogP contribution in [0.15, 0.2) is 35.5 Å². The molecule has 0 spiro atoms. The molecule has 3 saturated carbocycles. The Hall–Kier alpha value is -0.940. The van der Waals surface area contributed by atoms with Gasteiger partial charge in [-0.2, -0.15) is 0 Å². The van der Waals surface area contributed by atoms with Gasteiger partial charge in [0.2, 0.25) is 0 Å². The van der Waals surface area contributed by atoms with Crippen molar-refractivity contribution in [3.8, 4) is 0 Å². The highest BCUT2D eigenvalue weighted by molar-refractivity contribution is 5.38. The molecule has 30 heavy (non-hydrogen) atoms. The zero-order valence-corrected chi connectivity index (χ0v) is 19.4. The topological polar surface area (TPSA) is 69.9 Å². The van der Waals surface area contributed by atoms with Gasteiger partial charge in [0.1, 0.15) is 0 Å². The normalized spacial score (nSPS) is 38.8. The van der Waals surface area contributed by atoms with Gasteiger partial charge in [0, 0.05) is 13.0 Å². The maximum Gasteiger partial charge on any atom is 0.0824 e. The monoisotopic (exact) mass is 418 g/mol. The highest BCUT2D eigenvalue weighted by Crippen LogP contribution is 2.59. The third-order valence-electron chi connectivity index (χ3n) is 7.83. The summed E-state index contributed by atoms with van der Waals surface area (Å²) >= 11 is 0. The van der Waals surface area contributed by atoms with Crippen molar-refractivity contribution < 1.29 is 20.1 Å². The van der Waals surface area contributed by atoms with Crippen molar-refractivity contribution >= 4 is 0 Å². The van der Waals surface area contributed by atoms with Gasteiger partial charge in [0.25, 0.3) is 0 Å². The molecule has 170 valence electrons. The molecule has 0 aromatic heterocycles. The molecule has 6 atom stereocenters. The van der Waals surface area contributed by atoms with E-state index in [0.717, 1.165) is 17.6 Å². The van der Waals surface area contributed by atoms with Crippen LogP contribution in [0.25, 0.3) is 0 Å². The number of rotatable bonds is 6. The molecule has 0 bridgehead atoms. The molecule has 3 N–H and O–H groups in total. The third kappa shape index (κ3) is 5.27. The molecule has 3 rings (SSSR count). The van der Waals surface area contributed by atoms with E-state index >= 15 is 0 Å². The van der Waals surface area contributed by atoms with E-state index in [1.807, 2.05) is 0 Å². The maximum atomic E-state index is 10.1. The minimum atomic E-state index is -0.777. The van der Waals surface area contributed by atoms with Gasteiger partial charge in [-0.15, -0.1) is 0 Å². The van der Waals surface area contributed by atoms with E-state index in [4.69, 9.17) is 4.74 Å². The lowest BCUT2D eigenvalue weighted by molar-refractivity contribution is -0.0424. The molecule has 3 aliphatic rings. The third-order valence-corrected chi connectivity index (χ3v) is 7.83. The van der Waals surface area contributed by atoms with Crippen LogP contribution in [-0.2, 0) is 4.74 Å². The van der Waals surface area contributed by atoms with E-state index < -0.39 is 17.8 Å². The molecular formula is C26H42O4. The predicted octanol–water partition coefficient (Wildman–Crippen LogP) is 4.55. The van der Waals surface area contributed by atoms with Crippen molar-refractivity contribution in [3.63, 3.8) is 0 Å². The van der Waals surface area contributed by atoms with E-state index in [0.29, 0.717) is 49.2 Å². The number of hydrogen-bond donors (Lipinski definition) is 3. The molecule has 0 aromatic rings. The van der Waals surface area contributed by atoms with Crippen molar-refractivity contribution in [2.45, 2.75) is 90.4 Å². The van der Waals surface area contributed by atoms with Gasteiger partial charge in [-0.25, -0.2) is 0 Å². The molecule has 4 nitrogen and oxygen atoms in total. The quantitative estimate of drug-likeness (QED) is 0.592. The fourth-order valence-corrected chi connectivity index (χ4v) is 6.29. The highest BCUT2D eigenvalue weighted by Gasteiger charge is 2.50. The second-order valence-electron chi connectivity index (χ2n) is 11.0. The second-order valence-corrected chi connectivity index (χ2v) is 11.0. The molecule has 3 aliphatic carbocycles. The first-order chi connectivity index (χ1) is 14.0. The largest absolute Gasteiger partial charge is 0.393 e. The molecule has 0 heterocycles. The van der Waals surface area contributed by atoms with E-state index in [9.17, 15) is 15.3 Å². The predicted molar refractivity (Wildman–Crippen MR) is 121 cm³/mol. The Kier molecular flexibility index (Phi) is 7.33. The molecule has 0 aliphatic heterocycles. The van der Waals surface area contributed by atoms with Crippen LogP contribution in [0.3, 0.4) is 0 Å². The fourth-order valence-electron chi connectivity index (χ4n) is 6.29. The Labute approximate surface area is 182 Å². The van der Waals surface area contributed by atoms with Crippen LogP contribution in [0.4, 0.5) is 0 Å². The van der Waals surface area contributed by atoms with Gasteiger partial charge in [-0.1, -0.05) is 38.2 Å². The Morgan fingerprint density at radius 3 is 2.70 bits per heavy atom. The lowest BCUT2D eigenvalue weighted by Crippen LogP contribution is -2.37. The summed E-state index contributed by atoms with van der Waals surface area (Å²) < 4.78 is 5.85. The SMILES string of the molecule is C=C1C(=CC=C2CCC[C@@]3(C)C2CC[C@@H]3[C@H](C)COCC(C)(C)O)C[C@@H](O)C[C@@H]1O. The summed E-state index contributed by atoms with van der Waals surface area (Å²) in [6.07, 6.45) is 10.3. The number of allylic oxidation sites excluding steroid dienone is 3. The van der Waals surface area contributed by atoms with Crippen LogP contribution in [0.5, 0.6) is 0 Å². The lowest BCUT2D eigenvalue weighted by Gasteiger charge is -2.44. The molecule has 0 aromatic carbocycles. The number of aliphatic hydroxyl groups excluding tert-OH is 2. The first-order valence-electron chi connectivity index (χ1n) is 11.8. The van der Waals surface area contributed by atoms with Crippen LogP contribution in [-0.4, -0.2) is 46.3 Å². The van der Waals surface area contributed by atoms with Crippen LogP contribution in [0, 0.1) is 23.2 Å². The Morgan fingerprint density at radius 2 is 2.00 bits per heavy atom. The van der Waals surface area contributed by atoms with Crippen molar-refractivity contribution in [1.82, 2.24) is 0 Å². The fraction of sp³-hybridized carbons (Fsp3) is 0.769. The number of ether oxygens (including phenoxy) is 1. The minimum absolute atomic E-state index is 0.294. The van der Waals surface area contributed by atoms with Crippen molar-refractivity contribution in [2.24, 2.45) is 23.2 Å².